The molecule has 0 saturated carbocycles. The van der Waals surface area contributed by atoms with Gasteiger partial charge in [0.2, 0.25) is 11.1 Å². The fourth-order valence-corrected chi connectivity index (χ4v) is 3.03. The highest BCUT2D eigenvalue weighted by Gasteiger charge is 2.20. The predicted molar refractivity (Wildman–Crippen MR) is 86.0 cm³/mol. The van der Waals surface area contributed by atoms with Crippen molar-refractivity contribution in [1.82, 2.24) is 25.4 Å². The molecular formula is C14H25N5O2S. The minimum atomic E-state index is 0.0274. The topological polar surface area (TPSA) is 83.1 Å². The summed E-state index contributed by atoms with van der Waals surface area (Å²) in [7, 11) is 0. The summed E-state index contributed by atoms with van der Waals surface area (Å²) in [6, 6.07) is 0.382. The standard InChI is InChI=1S/C14H25N5O2S/c1-3-11(19-5-7-21-8-6-19)9-15-13(20)10-22-14-16-12(4-2)17-18-14/h11H,3-10H2,1-2H3,(H,15,20)(H,16,17,18). The molecule has 2 heterocycles. The third-order valence-corrected chi connectivity index (χ3v) is 4.59. The molecule has 0 aromatic carbocycles. The average molecular weight is 327 g/mol. The highest BCUT2D eigenvalue weighted by molar-refractivity contribution is 7.99. The van der Waals surface area contributed by atoms with Crippen molar-refractivity contribution >= 4 is 17.7 Å². The second-order valence-corrected chi connectivity index (χ2v) is 6.16. The first-order valence-electron chi connectivity index (χ1n) is 7.85. The second-order valence-electron chi connectivity index (χ2n) is 5.22. The number of ether oxygens (including phenoxy) is 1. The normalized spacial score (nSPS) is 17.4. The SMILES string of the molecule is CCc1nc(SCC(=O)NCC(CC)N2CCOCC2)n[nH]1. The Labute approximate surface area is 135 Å². The largest absolute Gasteiger partial charge is 0.379 e. The number of carbonyl (C=O) groups excluding carboxylic acids is 1. The molecule has 1 aromatic heterocycles. The molecule has 2 N–H and O–H groups in total. The minimum absolute atomic E-state index is 0.0274. The summed E-state index contributed by atoms with van der Waals surface area (Å²) in [6.07, 6.45) is 1.84. The summed E-state index contributed by atoms with van der Waals surface area (Å²) < 4.78 is 5.37. The lowest BCUT2D eigenvalue weighted by molar-refractivity contribution is -0.118. The summed E-state index contributed by atoms with van der Waals surface area (Å²) in [6.45, 7) is 8.30. The van der Waals surface area contributed by atoms with Crippen LogP contribution in [0.1, 0.15) is 26.1 Å². The lowest BCUT2D eigenvalue weighted by Crippen LogP contribution is -2.48. The van der Waals surface area contributed by atoms with Crippen LogP contribution < -0.4 is 5.32 Å². The second kappa shape index (κ2) is 9.12. The highest BCUT2D eigenvalue weighted by atomic mass is 32.2. The molecule has 1 atom stereocenters. The number of hydrogen-bond acceptors (Lipinski definition) is 6. The fraction of sp³-hybridized carbons (Fsp3) is 0.786. The first-order chi connectivity index (χ1) is 10.7. The van der Waals surface area contributed by atoms with Crippen molar-refractivity contribution in [2.45, 2.75) is 37.9 Å². The van der Waals surface area contributed by atoms with Gasteiger partial charge >= 0.3 is 0 Å². The maximum absolute atomic E-state index is 12.0. The van der Waals surface area contributed by atoms with Gasteiger partial charge in [-0.15, -0.1) is 5.10 Å². The molecular weight excluding hydrogens is 302 g/mol. The van der Waals surface area contributed by atoms with E-state index in [1.165, 1.54) is 11.8 Å². The zero-order valence-corrected chi connectivity index (χ0v) is 14.1. The molecule has 1 aliphatic rings. The van der Waals surface area contributed by atoms with Crippen LogP contribution >= 0.6 is 11.8 Å². The summed E-state index contributed by atoms with van der Waals surface area (Å²) in [5, 5.41) is 10.6. The Morgan fingerprint density at radius 3 is 2.86 bits per heavy atom. The Morgan fingerprint density at radius 1 is 1.45 bits per heavy atom. The third kappa shape index (κ3) is 5.26. The van der Waals surface area contributed by atoms with Gasteiger partial charge in [-0.05, 0) is 6.42 Å². The van der Waals surface area contributed by atoms with Crippen molar-refractivity contribution in [2.24, 2.45) is 0 Å². The zero-order valence-electron chi connectivity index (χ0n) is 13.3. The number of nitrogens with one attached hydrogen (secondary N) is 2. The number of aromatic amines is 1. The van der Waals surface area contributed by atoms with E-state index >= 15 is 0 Å². The number of aromatic nitrogens is 3. The molecule has 124 valence electrons. The van der Waals surface area contributed by atoms with Gasteiger partial charge in [-0.3, -0.25) is 14.8 Å². The van der Waals surface area contributed by atoms with Crippen molar-refractivity contribution in [3.63, 3.8) is 0 Å². The first kappa shape index (κ1) is 17.2. The average Bonchev–Trinajstić information content (AvgIpc) is 3.02. The van der Waals surface area contributed by atoms with Crippen LogP contribution in [-0.4, -0.2) is 70.6 Å². The molecule has 1 amide bonds. The molecule has 1 fully saturated rings. The summed E-state index contributed by atoms with van der Waals surface area (Å²) in [4.78, 5) is 18.6. The molecule has 1 aliphatic heterocycles. The van der Waals surface area contributed by atoms with E-state index in [-0.39, 0.29) is 5.91 Å². The molecule has 0 spiro atoms. The Balaban J connectivity index is 1.69. The number of morpholine rings is 1. The van der Waals surface area contributed by atoms with Crippen LogP contribution in [0.15, 0.2) is 5.16 Å². The number of H-pyrrole nitrogens is 1. The van der Waals surface area contributed by atoms with Crippen molar-refractivity contribution in [1.29, 1.82) is 0 Å². The zero-order chi connectivity index (χ0) is 15.8. The van der Waals surface area contributed by atoms with Gasteiger partial charge in [0.15, 0.2) is 0 Å². The van der Waals surface area contributed by atoms with Crippen molar-refractivity contribution in [2.75, 3.05) is 38.6 Å². The van der Waals surface area contributed by atoms with Crippen LogP contribution in [0.25, 0.3) is 0 Å². The number of hydrogen-bond donors (Lipinski definition) is 2. The van der Waals surface area contributed by atoms with Crippen LogP contribution in [0.5, 0.6) is 0 Å². The molecule has 0 radical (unpaired) electrons. The number of amides is 1. The Bertz CT molecular complexity index is 462. The van der Waals surface area contributed by atoms with E-state index in [0.29, 0.717) is 23.5 Å². The maximum Gasteiger partial charge on any atom is 0.230 e. The van der Waals surface area contributed by atoms with Gasteiger partial charge in [-0.25, -0.2) is 4.98 Å². The minimum Gasteiger partial charge on any atom is -0.379 e. The van der Waals surface area contributed by atoms with E-state index in [1.54, 1.807) is 0 Å². The van der Waals surface area contributed by atoms with Crippen molar-refractivity contribution < 1.29 is 9.53 Å². The quantitative estimate of drug-likeness (QED) is 0.684. The van der Waals surface area contributed by atoms with E-state index in [4.69, 9.17) is 4.74 Å². The number of rotatable bonds is 8. The van der Waals surface area contributed by atoms with Gasteiger partial charge in [-0.1, -0.05) is 25.6 Å². The van der Waals surface area contributed by atoms with Gasteiger partial charge in [-0.2, -0.15) is 0 Å². The Morgan fingerprint density at radius 2 is 2.23 bits per heavy atom. The molecule has 0 bridgehead atoms. The number of aryl methyl sites for hydroxylation is 1. The van der Waals surface area contributed by atoms with E-state index in [0.717, 1.165) is 45.0 Å². The summed E-state index contributed by atoms with van der Waals surface area (Å²) >= 11 is 1.36. The first-order valence-corrected chi connectivity index (χ1v) is 8.84. The summed E-state index contributed by atoms with van der Waals surface area (Å²) in [5.74, 6) is 1.22. The van der Waals surface area contributed by atoms with Gasteiger partial charge in [0.1, 0.15) is 5.82 Å². The van der Waals surface area contributed by atoms with Crippen LogP contribution in [0.2, 0.25) is 0 Å². The molecule has 7 nitrogen and oxygen atoms in total. The molecule has 8 heteroatoms. The molecule has 1 saturated heterocycles. The monoisotopic (exact) mass is 327 g/mol. The molecule has 1 aromatic rings. The van der Waals surface area contributed by atoms with Crippen LogP contribution in [0.3, 0.4) is 0 Å². The van der Waals surface area contributed by atoms with E-state index < -0.39 is 0 Å². The highest BCUT2D eigenvalue weighted by Crippen LogP contribution is 2.12. The lowest BCUT2D eigenvalue weighted by atomic mass is 10.2. The molecule has 0 aliphatic carbocycles. The van der Waals surface area contributed by atoms with E-state index in [2.05, 4.69) is 32.3 Å². The molecule has 2 rings (SSSR count). The van der Waals surface area contributed by atoms with Gasteiger partial charge in [0.05, 0.1) is 19.0 Å². The van der Waals surface area contributed by atoms with Crippen molar-refractivity contribution in [3.05, 3.63) is 5.82 Å². The van der Waals surface area contributed by atoms with E-state index in [1.807, 2.05) is 6.92 Å². The Kier molecular flexibility index (Phi) is 7.14. The van der Waals surface area contributed by atoms with Crippen LogP contribution in [0, 0.1) is 0 Å². The van der Waals surface area contributed by atoms with Crippen LogP contribution in [0.4, 0.5) is 0 Å². The number of thioether (sulfide) groups is 1. The molecule has 1 unspecified atom stereocenters. The Hall–Kier alpha value is -1.12. The lowest BCUT2D eigenvalue weighted by Gasteiger charge is -2.34. The van der Waals surface area contributed by atoms with Gasteiger partial charge in [0, 0.05) is 32.1 Å². The maximum atomic E-state index is 12.0. The van der Waals surface area contributed by atoms with Crippen molar-refractivity contribution in [3.8, 4) is 0 Å². The van der Waals surface area contributed by atoms with Crippen LogP contribution in [-0.2, 0) is 16.0 Å². The number of nitrogens with zero attached hydrogens (tertiary/aromatic N) is 3. The predicted octanol–water partition coefficient (Wildman–Crippen LogP) is 0.686. The fourth-order valence-electron chi connectivity index (χ4n) is 2.39. The third-order valence-electron chi connectivity index (χ3n) is 3.75. The summed E-state index contributed by atoms with van der Waals surface area (Å²) in [5.41, 5.74) is 0. The van der Waals surface area contributed by atoms with Gasteiger partial charge in [0.25, 0.3) is 0 Å². The van der Waals surface area contributed by atoms with Gasteiger partial charge < -0.3 is 10.1 Å². The molecule has 22 heavy (non-hydrogen) atoms. The smallest absolute Gasteiger partial charge is 0.230 e. The number of carbonyl (C=O) groups is 1. The van der Waals surface area contributed by atoms with E-state index in [9.17, 15) is 4.79 Å².